The van der Waals surface area contributed by atoms with Gasteiger partial charge in [-0.1, -0.05) is 11.6 Å². The number of hydrogen-bond acceptors (Lipinski definition) is 4. The van der Waals surface area contributed by atoms with Crippen LogP contribution in [0.5, 0.6) is 0 Å². The molecular formula is C10H14ClN3S. The Morgan fingerprint density at radius 2 is 2.33 bits per heavy atom. The molecule has 1 aromatic heterocycles. The summed E-state index contributed by atoms with van der Waals surface area (Å²) in [4.78, 5) is 10.8. The molecule has 0 bridgehead atoms. The van der Waals surface area contributed by atoms with E-state index in [1.165, 1.54) is 6.42 Å². The van der Waals surface area contributed by atoms with Gasteiger partial charge >= 0.3 is 0 Å². The molecule has 1 aromatic rings. The van der Waals surface area contributed by atoms with E-state index in [4.69, 9.17) is 11.6 Å². The van der Waals surface area contributed by atoms with Gasteiger partial charge in [0.15, 0.2) is 0 Å². The van der Waals surface area contributed by atoms with E-state index in [2.05, 4.69) is 21.1 Å². The van der Waals surface area contributed by atoms with Crippen molar-refractivity contribution in [3.63, 3.8) is 0 Å². The van der Waals surface area contributed by atoms with Gasteiger partial charge in [-0.3, -0.25) is 0 Å². The predicted molar refractivity (Wildman–Crippen MR) is 65.9 cm³/mol. The van der Waals surface area contributed by atoms with Crippen LogP contribution in [0.15, 0.2) is 6.07 Å². The zero-order valence-corrected chi connectivity index (χ0v) is 10.5. The topological polar surface area (TPSA) is 29.0 Å². The summed E-state index contributed by atoms with van der Waals surface area (Å²) in [5, 5.41) is 1.25. The first-order valence-electron chi connectivity index (χ1n) is 4.98. The first-order valence-corrected chi connectivity index (χ1v) is 6.64. The van der Waals surface area contributed by atoms with Gasteiger partial charge < -0.3 is 4.90 Å². The lowest BCUT2D eigenvalue weighted by Gasteiger charge is -2.17. The fourth-order valence-electron chi connectivity index (χ4n) is 1.81. The summed E-state index contributed by atoms with van der Waals surface area (Å²) in [6.45, 7) is 4.00. The SMILES string of the molecule is CSC1CCN(c2cc(Cl)nc(C)n2)C1. The van der Waals surface area contributed by atoms with Crippen molar-refractivity contribution in [3.8, 4) is 0 Å². The highest BCUT2D eigenvalue weighted by Gasteiger charge is 2.22. The molecule has 0 spiro atoms. The van der Waals surface area contributed by atoms with Crippen molar-refractivity contribution >= 4 is 29.2 Å². The molecule has 1 fully saturated rings. The molecular weight excluding hydrogens is 230 g/mol. The summed E-state index contributed by atoms with van der Waals surface area (Å²) < 4.78 is 0. The highest BCUT2D eigenvalue weighted by atomic mass is 35.5. The maximum absolute atomic E-state index is 5.92. The van der Waals surface area contributed by atoms with Crippen LogP contribution in [0.25, 0.3) is 0 Å². The van der Waals surface area contributed by atoms with Gasteiger partial charge in [0.1, 0.15) is 16.8 Å². The van der Waals surface area contributed by atoms with Crippen LogP contribution in [-0.4, -0.2) is 34.6 Å². The van der Waals surface area contributed by atoms with Gasteiger partial charge in [-0.25, -0.2) is 9.97 Å². The molecule has 1 unspecified atom stereocenters. The Balaban J connectivity index is 2.16. The number of thioether (sulfide) groups is 1. The van der Waals surface area contributed by atoms with Crippen molar-refractivity contribution < 1.29 is 0 Å². The van der Waals surface area contributed by atoms with E-state index in [0.717, 1.165) is 30.0 Å². The third kappa shape index (κ3) is 2.55. The minimum absolute atomic E-state index is 0.533. The molecule has 0 radical (unpaired) electrons. The molecule has 1 aliphatic heterocycles. The monoisotopic (exact) mass is 243 g/mol. The second-order valence-electron chi connectivity index (χ2n) is 3.69. The highest BCUT2D eigenvalue weighted by Crippen LogP contribution is 2.25. The van der Waals surface area contributed by atoms with Gasteiger partial charge in [0.05, 0.1) is 0 Å². The quantitative estimate of drug-likeness (QED) is 0.746. The van der Waals surface area contributed by atoms with E-state index in [9.17, 15) is 0 Å². The predicted octanol–water partition coefficient (Wildman–Crippen LogP) is 2.38. The summed E-state index contributed by atoms with van der Waals surface area (Å²) in [6.07, 6.45) is 3.38. The second-order valence-corrected chi connectivity index (χ2v) is 5.21. The Kier molecular flexibility index (Phi) is 3.36. The van der Waals surface area contributed by atoms with Crippen molar-refractivity contribution in [1.82, 2.24) is 9.97 Å². The summed E-state index contributed by atoms with van der Waals surface area (Å²) in [7, 11) is 0. The number of nitrogens with zero attached hydrogens (tertiary/aromatic N) is 3. The van der Waals surface area contributed by atoms with Crippen LogP contribution in [-0.2, 0) is 0 Å². The van der Waals surface area contributed by atoms with Gasteiger partial charge in [0, 0.05) is 24.4 Å². The second kappa shape index (κ2) is 4.58. The first-order chi connectivity index (χ1) is 7.19. The maximum Gasteiger partial charge on any atom is 0.134 e. The van der Waals surface area contributed by atoms with Crippen LogP contribution in [0.3, 0.4) is 0 Å². The van der Waals surface area contributed by atoms with Crippen LogP contribution >= 0.6 is 23.4 Å². The zero-order chi connectivity index (χ0) is 10.8. The molecule has 1 aliphatic rings. The van der Waals surface area contributed by atoms with Crippen LogP contribution < -0.4 is 4.90 Å². The fourth-order valence-corrected chi connectivity index (χ4v) is 2.70. The lowest BCUT2D eigenvalue weighted by molar-refractivity contribution is 0.911. The lowest BCUT2D eigenvalue weighted by Crippen LogP contribution is -2.21. The smallest absolute Gasteiger partial charge is 0.134 e. The molecule has 0 aliphatic carbocycles. The van der Waals surface area contributed by atoms with Crippen LogP contribution in [0, 0.1) is 6.92 Å². The minimum atomic E-state index is 0.533. The van der Waals surface area contributed by atoms with Gasteiger partial charge in [0.2, 0.25) is 0 Å². The molecule has 1 saturated heterocycles. The average Bonchev–Trinajstić information content (AvgIpc) is 2.64. The van der Waals surface area contributed by atoms with Crippen LogP contribution in [0.4, 0.5) is 5.82 Å². The zero-order valence-electron chi connectivity index (χ0n) is 8.90. The molecule has 0 saturated carbocycles. The highest BCUT2D eigenvalue weighted by molar-refractivity contribution is 7.99. The first kappa shape index (κ1) is 11.0. The summed E-state index contributed by atoms with van der Waals surface area (Å²) in [5.74, 6) is 1.70. The molecule has 2 rings (SSSR count). The van der Waals surface area contributed by atoms with Crippen molar-refractivity contribution in [2.24, 2.45) is 0 Å². The summed E-state index contributed by atoms with van der Waals surface area (Å²) in [6, 6.07) is 1.84. The molecule has 0 aromatic carbocycles. The van der Waals surface area contributed by atoms with Crippen molar-refractivity contribution in [2.45, 2.75) is 18.6 Å². The molecule has 2 heterocycles. The molecule has 5 heteroatoms. The molecule has 82 valence electrons. The van der Waals surface area contributed by atoms with Crippen molar-refractivity contribution in [1.29, 1.82) is 0 Å². The van der Waals surface area contributed by atoms with E-state index in [1.54, 1.807) is 0 Å². The fraction of sp³-hybridized carbons (Fsp3) is 0.600. The maximum atomic E-state index is 5.92. The number of hydrogen-bond donors (Lipinski definition) is 0. The average molecular weight is 244 g/mol. The lowest BCUT2D eigenvalue weighted by atomic mass is 10.4. The van der Waals surface area contributed by atoms with Crippen molar-refractivity contribution in [2.75, 3.05) is 24.2 Å². The number of aromatic nitrogens is 2. The van der Waals surface area contributed by atoms with E-state index in [1.807, 2.05) is 24.8 Å². The molecule has 0 N–H and O–H groups in total. The third-order valence-corrected chi connectivity index (χ3v) is 3.84. The Morgan fingerprint density at radius 1 is 1.53 bits per heavy atom. The molecule has 3 nitrogen and oxygen atoms in total. The molecule has 15 heavy (non-hydrogen) atoms. The van der Waals surface area contributed by atoms with Gasteiger partial charge in [-0.15, -0.1) is 0 Å². The summed E-state index contributed by atoms with van der Waals surface area (Å²) >= 11 is 7.84. The van der Waals surface area contributed by atoms with Gasteiger partial charge in [-0.2, -0.15) is 11.8 Å². The van der Waals surface area contributed by atoms with Gasteiger partial charge in [0.25, 0.3) is 0 Å². The minimum Gasteiger partial charge on any atom is -0.355 e. The standard InChI is InChI=1S/C10H14ClN3S/c1-7-12-9(11)5-10(13-7)14-4-3-8(6-14)15-2/h5,8H,3-4,6H2,1-2H3. The Morgan fingerprint density at radius 3 is 2.93 bits per heavy atom. The van der Waals surface area contributed by atoms with E-state index < -0.39 is 0 Å². The third-order valence-electron chi connectivity index (χ3n) is 2.60. The number of aryl methyl sites for hydroxylation is 1. The normalized spacial score (nSPS) is 21.0. The number of halogens is 1. The Hall–Kier alpha value is -0.480. The van der Waals surface area contributed by atoms with E-state index in [0.29, 0.717) is 5.15 Å². The molecule has 0 amide bonds. The largest absolute Gasteiger partial charge is 0.355 e. The van der Waals surface area contributed by atoms with E-state index >= 15 is 0 Å². The summed E-state index contributed by atoms with van der Waals surface area (Å²) in [5.41, 5.74) is 0. The number of rotatable bonds is 2. The van der Waals surface area contributed by atoms with Gasteiger partial charge in [-0.05, 0) is 19.6 Å². The molecule has 1 atom stereocenters. The van der Waals surface area contributed by atoms with Crippen LogP contribution in [0.1, 0.15) is 12.2 Å². The van der Waals surface area contributed by atoms with Crippen molar-refractivity contribution in [3.05, 3.63) is 17.0 Å². The Labute approximate surface area is 99.2 Å². The number of anilines is 1. The Bertz CT molecular complexity index is 338. The van der Waals surface area contributed by atoms with E-state index in [-0.39, 0.29) is 0 Å². The van der Waals surface area contributed by atoms with Crippen LogP contribution in [0.2, 0.25) is 5.15 Å².